The van der Waals surface area contributed by atoms with Gasteiger partial charge in [0.25, 0.3) is 5.91 Å². The van der Waals surface area contributed by atoms with Gasteiger partial charge in [0, 0.05) is 5.39 Å². The van der Waals surface area contributed by atoms with Crippen molar-refractivity contribution in [3.8, 4) is 0 Å². The average molecular weight is 394 g/mol. The number of furan rings is 1. The second-order valence-electron chi connectivity index (χ2n) is 6.58. The van der Waals surface area contributed by atoms with E-state index in [-0.39, 0.29) is 24.9 Å². The SMILES string of the molecule is C[C@@H](NC(=O)COC(=O)CNC(=O)Cc1ccccc1)c1cc2ccccc2o1. The summed E-state index contributed by atoms with van der Waals surface area (Å²) in [7, 11) is 0. The molecule has 0 radical (unpaired) electrons. The van der Waals surface area contributed by atoms with Crippen LogP contribution in [-0.4, -0.2) is 30.9 Å². The number of hydrogen-bond donors (Lipinski definition) is 2. The number of amides is 2. The summed E-state index contributed by atoms with van der Waals surface area (Å²) < 4.78 is 10.6. The molecule has 7 heteroatoms. The molecule has 0 aliphatic carbocycles. The molecule has 0 saturated carbocycles. The van der Waals surface area contributed by atoms with Crippen molar-refractivity contribution in [3.05, 3.63) is 72.0 Å². The molecule has 0 bridgehead atoms. The number of carbonyl (C=O) groups excluding carboxylic acids is 3. The molecule has 2 amide bonds. The van der Waals surface area contributed by atoms with Crippen LogP contribution in [0.3, 0.4) is 0 Å². The van der Waals surface area contributed by atoms with Gasteiger partial charge in [-0.2, -0.15) is 0 Å². The topological polar surface area (TPSA) is 97.6 Å². The maximum absolute atomic E-state index is 12.0. The lowest BCUT2D eigenvalue weighted by atomic mass is 10.1. The molecule has 7 nitrogen and oxygen atoms in total. The Morgan fingerprint density at radius 2 is 1.72 bits per heavy atom. The molecule has 2 aromatic carbocycles. The van der Waals surface area contributed by atoms with E-state index in [1.165, 1.54) is 0 Å². The number of carbonyl (C=O) groups is 3. The molecule has 3 aromatic rings. The summed E-state index contributed by atoms with van der Waals surface area (Å²) >= 11 is 0. The Kier molecular flexibility index (Phi) is 6.63. The monoisotopic (exact) mass is 394 g/mol. The van der Waals surface area contributed by atoms with Crippen LogP contribution in [0.2, 0.25) is 0 Å². The summed E-state index contributed by atoms with van der Waals surface area (Å²) in [5, 5.41) is 6.13. The third kappa shape index (κ3) is 5.93. The molecule has 1 heterocycles. The Bertz CT molecular complexity index is 964. The van der Waals surface area contributed by atoms with E-state index in [4.69, 9.17) is 9.15 Å². The highest BCUT2D eigenvalue weighted by Crippen LogP contribution is 2.23. The highest BCUT2D eigenvalue weighted by atomic mass is 16.5. The molecule has 0 unspecified atom stereocenters. The number of fused-ring (bicyclic) bond motifs is 1. The number of benzene rings is 2. The first-order valence-corrected chi connectivity index (χ1v) is 9.25. The molecule has 29 heavy (non-hydrogen) atoms. The van der Waals surface area contributed by atoms with Crippen LogP contribution in [0.4, 0.5) is 0 Å². The predicted molar refractivity (Wildman–Crippen MR) is 107 cm³/mol. The lowest BCUT2D eigenvalue weighted by Gasteiger charge is -2.11. The van der Waals surface area contributed by atoms with Crippen molar-refractivity contribution in [2.24, 2.45) is 0 Å². The van der Waals surface area contributed by atoms with Crippen LogP contribution in [0.1, 0.15) is 24.3 Å². The second-order valence-corrected chi connectivity index (χ2v) is 6.58. The summed E-state index contributed by atoms with van der Waals surface area (Å²) in [4.78, 5) is 35.6. The number of rotatable bonds is 8. The van der Waals surface area contributed by atoms with Crippen LogP contribution in [0.25, 0.3) is 11.0 Å². The molecule has 1 atom stereocenters. The summed E-state index contributed by atoms with van der Waals surface area (Å²) in [6.07, 6.45) is 0.170. The number of nitrogens with one attached hydrogen (secondary N) is 2. The van der Waals surface area contributed by atoms with Gasteiger partial charge < -0.3 is 19.8 Å². The minimum absolute atomic E-state index is 0.170. The molecule has 0 spiro atoms. The fourth-order valence-corrected chi connectivity index (χ4v) is 2.78. The van der Waals surface area contributed by atoms with E-state index in [2.05, 4.69) is 10.6 Å². The number of para-hydroxylation sites is 1. The Labute approximate surface area is 168 Å². The maximum Gasteiger partial charge on any atom is 0.325 e. The summed E-state index contributed by atoms with van der Waals surface area (Å²) in [6.45, 7) is 1.05. The van der Waals surface area contributed by atoms with Crippen LogP contribution in [0, 0.1) is 0 Å². The van der Waals surface area contributed by atoms with E-state index in [1.54, 1.807) is 6.92 Å². The summed E-state index contributed by atoms with van der Waals surface area (Å²) in [6, 6.07) is 18.2. The first-order valence-electron chi connectivity index (χ1n) is 9.25. The van der Waals surface area contributed by atoms with E-state index >= 15 is 0 Å². The van der Waals surface area contributed by atoms with Gasteiger partial charge >= 0.3 is 5.97 Å². The normalized spacial score (nSPS) is 11.6. The van der Waals surface area contributed by atoms with Gasteiger partial charge in [-0.1, -0.05) is 48.5 Å². The Morgan fingerprint density at radius 3 is 2.48 bits per heavy atom. The standard InChI is InChI=1S/C22H22N2O5/c1-15(19-12-17-9-5-6-10-18(17)29-19)24-21(26)14-28-22(27)13-23-20(25)11-16-7-3-2-4-8-16/h2-10,12,15H,11,13-14H2,1H3,(H,23,25)(H,24,26)/t15-/m1/s1. The zero-order chi connectivity index (χ0) is 20.6. The van der Waals surface area contributed by atoms with Crippen LogP contribution >= 0.6 is 0 Å². The number of esters is 1. The van der Waals surface area contributed by atoms with Crippen molar-refractivity contribution in [3.63, 3.8) is 0 Å². The minimum atomic E-state index is -0.682. The number of ether oxygens (including phenoxy) is 1. The fraction of sp³-hybridized carbons (Fsp3) is 0.227. The molecule has 150 valence electrons. The molecule has 2 N–H and O–H groups in total. The van der Waals surface area contributed by atoms with Crippen LogP contribution < -0.4 is 10.6 Å². The lowest BCUT2D eigenvalue weighted by molar-refractivity contribution is -0.148. The highest BCUT2D eigenvalue weighted by Gasteiger charge is 2.16. The van der Waals surface area contributed by atoms with Crippen molar-refractivity contribution < 1.29 is 23.5 Å². The van der Waals surface area contributed by atoms with E-state index in [1.807, 2.05) is 60.7 Å². The lowest BCUT2D eigenvalue weighted by Crippen LogP contribution is -2.35. The zero-order valence-corrected chi connectivity index (χ0v) is 16.0. The van der Waals surface area contributed by atoms with Crippen LogP contribution in [0.5, 0.6) is 0 Å². The van der Waals surface area contributed by atoms with E-state index in [9.17, 15) is 14.4 Å². The number of hydrogen-bond acceptors (Lipinski definition) is 5. The maximum atomic E-state index is 12.0. The Hall–Kier alpha value is -3.61. The average Bonchev–Trinajstić information content (AvgIpc) is 3.16. The van der Waals surface area contributed by atoms with Gasteiger partial charge in [0.15, 0.2) is 6.61 Å². The van der Waals surface area contributed by atoms with Gasteiger partial charge in [-0.3, -0.25) is 14.4 Å². The molecular formula is C22H22N2O5. The largest absolute Gasteiger partial charge is 0.459 e. The molecule has 0 saturated heterocycles. The molecule has 0 aliphatic rings. The van der Waals surface area contributed by atoms with Gasteiger partial charge in [-0.15, -0.1) is 0 Å². The quantitative estimate of drug-likeness (QED) is 0.572. The van der Waals surface area contributed by atoms with Crippen molar-refractivity contribution >= 4 is 28.8 Å². The van der Waals surface area contributed by atoms with Crippen LogP contribution in [0.15, 0.2) is 65.1 Å². The second kappa shape index (κ2) is 9.54. The Balaban J connectivity index is 1.38. The van der Waals surface area contributed by atoms with Crippen LogP contribution in [-0.2, 0) is 25.5 Å². The van der Waals surface area contributed by atoms with Gasteiger partial charge in [-0.05, 0) is 24.6 Å². The summed E-state index contributed by atoms with van der Waals surface area (Å²) in [5.74, 6) is -0.824. The van der Waals surface area contributed by atoms with Gasteiger partial charge in [-0.25, -0.2) is 0 Å². The highest BCUT2D eigenvalue weighted by molar-refractivity contribution is 5.85. The molecule has 0 fully saturated rings. The van der Waals surface area contributed by atoms with Gasteiger partial charge in [0.1, 0.15) is 17.9 Å². The third-order valence-corrected chi connectivity index (χ3v) is 4.25. The zero-order valence-electron chi connectivity index (χ0n) is 16.0. The predicted octanol–water partition coefficient (Wildman–Crippen LogP) is 2.51. The molecule has 3 rings (SSSR count). The first-order chi connectivity index (χ1) is 14.0. The van der Waals surface area contributed by atoms with Crippen molar-refractivity contribution in [2.75, 3.05) is 13.2 Å². The molecular weight excluding hydrogens is 372 g/mol. The van der Waals surface area contributed by atoms with Crippen molar-refractivity contribution in [1.29, 1.82) is 0 Å². The Morgan fingerprint density at radius 1 is 1.00 bits per heavy atom. The summed E-state index contributed by atoms with van der Waals surface area (Å²) in [5.41, 5.74) is 1.58. The van der Waals surface area contributed by atoms with Crippen molar-refractivity contribution in [2.45, 2.75) is 19.4 Å². The minimum Gasteiger partial charge on any atom is -0.459 e. The van der Waals surface area contributed by atoms with E-state index in [0.717, 1.165) is 16.5 Å². The first kappa shape index (κ1) is 20.1. The fourth-order valence-electron chi connectivity index (χ4n) is 2.78. The van der Waals surface area contributed by atoms with Gasteiger partial charge in [0.05, 0.1) is 12.5 Å². The molecule has 0 aliphatic heterocycles. The van der Waals surface area contributed by atoms with Gasteiger partial charge in [0.2, 0.25) is 5.91 Å². The molecule has 1 aromatic heterocycles. The van der Waals surface area contributed by atoms with E-state index in [0.29, 0.717) is 5.76 Å². The van der Waals surface area contributed by atoms with Crippen molar-refractivity contribution in [1.82, 2.24) is 10.6 Å². The van der Waals surface area contributed by atoms with E-state index < -0.39 is 18.5 Å². The third-order valence-electron chi connectivity index (χ3n) is 4.25. The smallest absolute Gasteiger partial charge is 0.325 e.